The van der Waals surface area contributed by atoms with Crippen molar-refractivity contribution < 1.29 is 14.3 Å². The summed E-state index contributed by atoms with van der Waals surface area (Å²) in [5.74, 6) is -0.0203. The lowest BCUT2D eigenvalue weighted by atomic mass is 10.0. The van der Waals surface area contributed by atoms with Crippen LogP contribution in [0.5, 0.6) is 0 Å². The molecule has 18 heavy (non-hydrogen) atoms. The molecule has 1 aromatic carbocycles. The number of rotatable bonds is 4. The van der Waals surface area contributed by atoms with Gasteiger partial charge in [-0.2, -0.15) is 0 Å². The molecule has 5 heteroatoms. The fourth-order valence-corrected chi connectivity index (χ4v) is 1.75. The zero-order chi connectivity index (χ0) is 13.3. The molecular weight excluding hydrogens is 232 g/mol. The van der Waals surface area contributed by atoms with Crippen LogP contribution in [0.2, 0.25) is 0 Å². The third-order valence-electron chi connectivity index (χ3n) is 2.74. The molecule has 1 heterocycles. The Morgan fingerprint density at radius 2 is 2.22 bits per heavy atom. The second kappa shape index (κ2) is 4.78. The second-order valence-electron chi connectivity index (χ2n) is 4.64. The Hall–Kier alpha value is -1.88. The minimum absolute atomic E-state index is 0.0968. The van der Waals surface area contributed by atoms with Crippen molar-refractivity contribution >= 4 is 17.1 Å². The Bertz CT molecular complexity index is 575. The van der Waals surface area contributed by atoms with Gasteiger partial charge in [0.15, 0.2) is 11.5 Å². The average molecular weight is 248 g/mol. The van der Waals surface area contributed by atoms with Gasteiger partial charge in [0.2, 0.25) is 0 Å². The van der Waals surface area contributed by atoms with Gasteiger partial charge in [0.25, 0.3) is 0 Å². The van der Waals surface area contributed by atoms with Crippen molar-refractivity contribution in [3.63, 3.8) is 0 Å². The van der Waals surface area contributed by atoms with Crippen LogP contribution in [-0.4, -0.2) is 16.1 Å². The van der Waals surface area contributed by atoms with E-state index in [9.17, 15) is 4.79 Å². The lowest BCUT2D eigenvalue weighted by Crippen LogP contribution is -2.14. The molecule has 0 saturated carbocycles. The molecule has 3 N–H and O–H groups in total. The summed E-state index contributed by atoms with van der Waals surface area (Å²) in [5, 5.41) is 8.72. The molecule has 0 saturated heterocycles. The van der Waals surface area contributed by atoms with Gasteiger partial charge >= 0.3 is 5.97 Å². The molecule has 1 atom stereocenters. The molecule has 0 aliphatic rings. The van der Waals surface area contributed by atoms with Gasteiger partial charge in [-0.1, -0.05) is 19.9 Å². The minimum Gasteiger partial charge on any atom is -0.481 e. The number of oxazole rings is 1. The Labute approximate surface area is 105 Å². The number of hydrogen-bond donors (Lipinski definition) is 2. The summed E-state index contributed by atoms with van der Waals surface area (Å²) in [6, 6.07) is 4.83. The highest BCUT2D eigenvalue weighted by molar-refractivity contribution is 5.74. The summed E-state index contributed by atoms with van der Waals surface area (Å²) < 4.78 is 5.58. The first-order valence-electron chi connectivity index (χ1n) is 5.85. The number of aromatic nitrogens is 1. The molecule has 0 spiro atoms. The zero-order valence-corrected chi connectivity index (χ0v) is 10.4. The van der Waals surface area contributed by atoms with E-state index >= 15 is 0 Å². The quantitative estimate of drug-likeness (QED) is 0.867. The van der Waals surface area contributed by atoms with Gasteiger partial charge in [0.1, 0.15) is 5.52 Å². The maximum atomic E-state index is 10.6. The van der Waals surface area contributed by atoms with Crippen molar-refractivity contribution in [2.75, 3.05) is 0 Å². The molecule has 0 radical (unpaired) electrons. The van der Waals surface area contributed by atoms with E-state index in [1.54, 1.807) is 18.2 Å². The van der Waals surface area contributed by atoms with E-state index in [1.807, 2.05) is 13.8 Å². The number of benzene rings is 1. The summed E-state index contributed by atoms with van der Waals surface area (Å²) in [7, 11) is 0. The molecule has 2 rings (SSSR count). The van der Waals surface area contributed by atoms with Gasteiger partial charge < -0.3 is 15.3 Å². The number of aliphatic carboxylic acids is 1. The van der Waals surface area contributed by atoms with Crippen LogP contribution in [0, 0.1) is 0 Å². The molecule has 1 unspecified atom stereocenters. The van der Waals surface area contributed by atoms with Crippen LogP contribution in [0.15, 0.2) is 22.6 Å². The standard InChI is InChI=1S/C13H16N2O3/c1-7(2)13-15-10-5-8(3-4-11(10)18-13)9(14)6-12(16)17/h3-5,7,9H,6,14H2,1-2H3,(H,16,17). The highest BCUT2D eigenvalue weighted by Gasteiger charge is 2.14. The predicted octanol–water partition coefficient (Wildman–Crippen LogP) is 2.43. The molecule has 96 valence electrons. The molecule has 0 amide bonds. The van der Waals surface area contributed by atoms with Gasteiger partial charge in [-0.05, 0) is 17.7 Å². The predicted molar refractivity (Wildman–Crippen MR) is 67.3 cm³/mol. The second-order valence-corrected chi connectivity index (χ2v) is 4.64. The summed E-state index contributed by atoms with van der Waals surface area (Å²) >= 11 is 0. The van der Waals surface area contributed by atoms with Crippen LogP contribution in [0.4, 0.5) is 0 Å². The molecule has 0 fully saturated rings. The van der Waals surface area contributed by atoms with Crippen molar-refractivity contribution in [1.29, 1.82) is 0 Å². The molecule has 5 nitrogen and oxygen atoms in total. The average Bonchev–Trinajstić information content (AvgIpc) is 2.70. The zero-order valence-electron chi connectivity index (χ0n) is 10.4. The topological polar surface area (TPSA) is 89.3 Å². The highest BCUT2D eigenvalue weighted by atomic mass is 16.4. The third kappa shape index (κ3) is 2.51. The minimum atomic E-state index is -0.911. The van der Waals surface area contributed by atoms with Crippen LogP contribution in [0.25, 0.3) is 11.1 Å². The molecule has 0 aliphatic carbocycles. The van der Waals surface area contributed by atoms with E-state index in [4.69, 9.17) is 15.3 Å². The lowest BCUT2D eigenvalue weighted by molar-refractivity contribution is -0.137. The lowest BCUT2D eigenvalue weighted by Gasteiger charge is -2.08. The fourth-order valence-electron chi connectivity index (χ4n) is 1.75. The van der Waals surface area contributed by atoms with Crippen molar-refractivity contribution in [2.24, 2.45) is 5.73 Å². The van der Waals surface area contributed by atoms with E-state index in [-0.39, 0.29) is 12.3 Å². The molecule has 0 bridgehead atoms. The number of carboxylic acids is 1. The van der Waals surface area contributed by atoms with E-state index in [0.717, 1.165) is 11.1 Å². The van der Waals surface area contributed by atoms with Crippen LogP contribution < -0.4 is 5.73 Å². The van der Waals surface area contributed by atoms with Crippen molar-refractivity contribution in [3.8, 4) is 0 Å². The van der Waals surface area contributed by atoms with E-state index < -0.39 is 12.0 Å². The van der Waals surface area contributed by atoms with Crippen molar-refractivity contribution in [2.45, 2.75) is 32.2 Å². The first-order valence-corrected chi connectivity index (χ1v) is 5.85. The first-order chi connectivity index (χ1) is 8.47. The summed E-state index contributed by atoms with van der Waals surface area (Å²) in [6.07, 6.45) is -0.0968. The Morgan fingerprint density at radius 3 is 2.83 bits per heavy atom. The van der Waals surface area contributed by atoms with Crippen LogP contribution in [-0.2, 0) is 4.79 Å². The van der Waals surface area contributed by atoms with Crippen LogP contribution in [0.3, 0.4) is 0 Å². The molecular formula is C13H16N2O3. The van der Waals surface area contributed by atoms with Crippen molar-refractivity contribution in [1.82, 2.24) is 4.98 Å². The molecule has 2 aromatic rings. The van der Waals surface area contributed by atoms with Crippen LogP contribution in [0.1, 0.15) is 43.7 Å². The van der Waals surface area contributed by atoms with Crippen LogP contribution >= 0.6 is 0 Å². The molecule has 1 aromatic heterocycles. The maximum absolute atomic E-state index is 10.6. The number of hydrogen-bond acceptors (Lipinski definition) is 4. The normalized spacial score (nSPS) is 13.1. The van der Waals surface area contributed by atoms with Gasteiger partial charge in [0.05, 0.1) is 6.42 Å². The van der Waals surface area contributed by atoms with E-state index in [0.29, 0.717) is 11.5 Å². The van der Waals surface area contributed by atoms with Gasteiger partial charge in [-0.15, -0.1) is 0 Å². The maximum Gasteiger partial charge on any atom is 0.305 e. The number of fused-ring (bicyclic) bond motifs is 1. The third-order valence-corrected chi connectivity index (χ3v) is 2.74. The number of carbonyl (C=O) groups is 1. The fraction of sp³-hybridized carbons (Fsp3) is 0.385. The summed E-state index contributed by atoms with van der Waals surface area (Å²) in [5.41, 5.74) is 7.99. The first kappa shape index (κ1) is 12.6. The smallest absolute Gasteiger partial charge is 0.305 e. The molecule has 0 aliphatic heterocycles. The number of nitrogens with zero attached hydrogens (tertiary/aromatic N) is 1. The monoisotopic (exact) mass is 248 g/mol. The van der Waals surface area contributed by atoms with Crippen molar-refractivity contribution in [3.05, 3.63) is 29.7 Å². The van der Waals surface area contributed by atoms with E-state index in [2.05, 4.69) is 4.98 Å². The number of nitrogens with two attached hydrogens (primary N) is 1. The highest BCUT2D eigenvalue weighted by Crippen LogP contribution is 2.24. The SMILES string of the molecule is CC(C)c1nc2cc(C(N)CC(=O)O)ccc2o1. The van der Waals surface area contributed by atoms with E-state index in [1.165, 1.54) is 0 Å². The Morgan fingerprint density at radius 1 is 1.50 bits per heavy atom. The Balaban J connectivity index is 2.34. The largest absolute Gasteiger partial charge is 0.481 e. The summed E-state index contributed by atoms with van der Waals surface area (Å²) in [4.78, 5) is 15.0. The van der Waals surface area contributed by atoms with Gasteiger partial charge in [0, 0.05) is 12.0 Å². The van der Waals surface area contributed by atoms with Gasteiger partial charge in [-0.25, -0.2) is 4.98 Å². The van der Waals surface area contributed by atoms with Gasteiger partial charge in [-0.3, -0.25) is 4.79 Å². The Kier molecular flexibility index (Phi) is 3.34. The number of carboxylic acid groups (broad SMARTS) is 1. The summed E-state index contributed by atoms with van der Waals surface area (Å²) in [6.45, 7) is 4.00.